The summed E-state index contributed by atoms with van der Waals surface area (Å²) >= 11 is 1.79. The summed E-state index contributed by atoms with van der Waals surface area (Å²) in [6.07, 6.45) is 2.18. The molecule has 0 aliphatic heterocycles. The van der Waals surface area contributed by atoms with Crippen LogP contribution in [0.5, 0.6) is 0 Å². The van der Waals surface area contributed by atoms with Gasteiger partial charge in [-0.05, 0) is 0 Å². The fraction of sp³-hybridized carbons (Fsp3) is 0.200. The molecule has 0 N–H and O–H groups in total. The molecule has 2 heteroatoms. The van der Waals surface area contributed by atoms with Gasteiger partial charge in [-0.3, -0.25) is 0 Å². The number of hydrogen-bond donors (Lipinski definition) is 0. The first-order chi connectivity index (χ1) is 8.38. The van der Waals surface area contributed by atoms with Gasteiger partial charge in [-0.1, -0.05) is 0 Å². The van der Waals surface area contributed by atoms with E-state index in [0.717, 1.165) is 12.8 Å². The molecule has 1 nitrogen and oxygen atoms in total. The summed E-state index contributed by atoms with van der Waals surface area (Å²) < 4.78 is 5.56. The molecule has 85 valence electrons. The van der Waals surface area contributed by atoms with Crippen molar-refractivity contribution in [2.24, 2.45) is 0 Å². The van der Waals surface area contributed by atoms with Crippen LogP contribution in [0.15, 0.2) is 60.7 Å². The van der Waals surface area contributed by atoms with E-state index in [2.05, 4.69) is 48.5 Å². The molecule has 0 bridgehead atoms. The topological polar surface area (TPSA) is 9.23 Å². The predicted octanol–water partition coefficient (Wildman–Crippen LogP) is 3.32. The maximum absolute atomic E-state index is 5.56. The van der Waals surface area contributed by atoms with Gasteiger partial charge in [0.25, 0.3) is 0 Å². The second kappa shape index (κ2) is 6.75. The van der Waals surface area contributed by atoms with Gasteiger partial charge in [-0.15, -0.1) is 0 Å². The van der Waals surface area contributed by atoms with Gasteiger partial charge in [0.15, 0.2) is 0 Å². The van der Waals surface area contributed by atoms with Gasteiger partial charge in [0.2, 0.25) is 0 Å². The molecule has 0 saturated carbocycles. The number of benzene rings is 2. The summed E-state index contributed by atoms with van der Waals surface area (Å²) in [7, 11) is 0. The van der Waals surface area contributed by atoms with Crippen LogP contribution in [-0.2, 0) is 37.0 Å². The molecule has 2 aromatic carbocycles. The third kappa shape index (κ3) is 4.12. The maximum atomic E-state index is 5.56. The zero-order valence-electron chi connectivity index (χ0n) is 9.67. The second-order valence-corrected chi connectivity index (χ2v) is 4.49. The van der Waals surface area contributed by atoms with E-state index in [-0.39, 0.29) is 6.10 Å². The molecule has 0 radical (unpaired) electrons. The fourth-order valence-corrected chi connectivity index (χ4v) is 2.17. The van der Waals surface area contributed by atoms with E-state index in [0.29, 0.717) is 0 Å². The second-order valence-electron chi connectivity index (χ2n) is 4.12. The van der Waals surface area contributed by atoms with Gasteiger partial charge in [0, 0.05) is 0 Å². The van der Waals surface area contributed by atoms with Crippen molar-refractivity contribution >= 4 is 0 Å². The van der Waals surface area contributed by atoms with E-state index in [9.17, 15) is 0 Å². The van der Waals surface area contributed by atoms with Crippen molar-refractivity contribution in [1.82, 2.24) is 0 Å². The first kappa shape index (κ1) is 12.6. The molecule has 2 rings (SSSR count). The van der Waals surface area contributed by atoms with Gasteiger partial charge in [-0.2, -0.15) is 0 Å². The Morgan fingerprint density at radius 1 is 0.765 bits per heavy atom. The zero-order chi connectivity index (χ0) is 11.9. The van der Waals surface area contributed by atoms with Gasteiger partial charge in [-0.25, -0.2) is 0 Å². The van der Waals surface area contributed by atoms with Crippen LogP contribution in [0.1, 0.15) is 11.1 Å². The minimum atomic E-state index is 0.250. The first-order valence-electron chi connectivity index (χ1n) is 5.78. The summed E-state index contributed by atoms with van der Waals surface area (Å²) in [4.78, 5) is 0. The normalized spacial score (nSPS) is 10.6. The quantitative estimate of drug-likeness (QED) is 0.748. The molecular weight excluding hydrogens is 244 g/mol. The first-order valence-corrected chi connectivity index (χ1v) is 6.42. The third-order valence-corrected chi connectivity index (χ3v) is 3.30. The summed E-state index contributed by atoms with van der Waals surface area (Å²) in [6.45, 7) is 0. The van der Waals surface area contributed by atoms with Gasteiger partial charge >= 0.3 is 115 Å². The molecule has 0 heterocycles. The van der Waals surface area contributed by atoms with Crippen molar-refractivity contribution in [3.63, 3.8) is 0 Å². The van der Waals surface area contributed by atoms with E-state index in [1.165, 1.54) is 11.1 Å². The van der Waals surface area contributed by atoms with E-state index < -0.39 is 0 Å². The van der Waals surface area contributed by atoms with Crippen LogP contribution in [0.3, 0.4) is 0 Å². The minimum absolute atomic E-state index is 0.250. The molecule has 0 amide bonds. The third-order valence-electron chi connectivity index (χ3n) is 2.78. The Hall–Kier alpha value is -0.886. The Balaban J connectivity index is 1.98. The van der Waals surface area contributed by atoms with Crippen LogP contribution in [0.4, 0.5) is 0 Å². The summed E-state index contributed by atoms with van der Waals surface area (Å²) in [5.74, 6) is 0. The van der Waals surface area contributed by atoms with Gasteiger partial charge in [0.1, 0.15) is 0 Å². The van der Waals surface area contributed by atoms with Crippen LogP contribution in [0, 0.1) is 0 Å². The Labute approximate surface area is 115 Å². The summed E-state index contributed by atoms with van der Waals surface area (Å²) in [6, 6.07) is 21.0. The van der Waals surface area contributed by atoms with Crippen molar-refractivity contribution in [2.45, 2.75) is 18.9 Å². The average molecular weight is 259 g/mol. The van der Waals surface area contributed by atoms with E-state index in [1.54, 1.807) is 20.8 Å². The van der Waals surface area contributed by atoms with Crippen molar-refractivity contribution in [2.75, 3.05) is 0 Å². The Bertz CT molecular complexity index is 386. The van der Waals surface area contributed by atoms with Crippen LogP contribution in [0.25, 0.3) is 0 Å². The Kier molecular flexibility index (Phi) is 4.99. The molecule has 17 heavy (non-hydrogen) atoms. The summed E-state index contributed by atoms with van der Waals surface area (Å²) in [5, 5.41) is 0. The SMILES string of the molecule is [Ti][O]C(Cc1ccccc1)Cc1ccccc1. The zero-order valence-corrected chi connectivity index (χ0v) is 11.2. The molecule has 0 atom stereocenters. The van der Waals surface area contributed by atoms with Gasteiger partial charge < -0.3 is 0 Å². The van der Waals surface area contributed by atoms with Gasteiger partial charge in [0.05, 0.1) is 0 Å². The molecule has 0 saturated heterocycles. The van der Waals surface area contributed by atoms with Crippen LogP contribution in [-0.4, -0.2) is 6.10 Å². The Morgan fingerprint density at radius 3 is 1.53 bits per heavy atom. The average Bonchev–Trinajstić information content (AvgIpc) is 2.40. The molecule has 0 spiro atoms. The predicted molar refractivity (Wildman–Crippen MR) is 65.2 cm³/mol. The molecule has 0 unspecified atom stereocenters. The fourth-order valence-electron chi connectivity index (χ4n) is 1.91. The molecular formula is C15H15OTi. The molecule has 0 aliphatic carbocycles. The molecule has 0 fully saturated rings. The van der Waals surface area contributed by atoms with Crippen molar-refractivity contribution in [1.29, 1.82) is 0 Å². The van der Waals surface area contributed by atoms with E-state index in [4.69, 9.17) is 3.32 Å². The van der Waals surface area contributed by atoms with Crippen LogP contribution < -0.4 is 0 Å². The van der Waals surface area contributed by atoms with Crippen LogP contribution >= 0.6 is 0 Å². The van der Waals surface area contributed by atoms with E-state index in [1.807, 2.05) is 12.1 Å². The number of hydrogen-bond acceptors (Lipinski definition) is 1. The number of rotatable bonds is 5. The van der Waals surface area contributed by atoms with Crippen molar-refractivity contribution < 1.29 is 24.1 Å². The Morgan fingerprint density at radius 2 is 1.18 bits per heavy atom. The van der Waals surface area contributed by atoms with Crippen molar-refractivity contribution in [3.8, 4) is 0 Å². The molecule has 2 aromatic rings. The van der Waals surface area contributed by atoms with E-state index >= 15 is 0 Å². The monoisotopic (exact) mass is 259 g/mol. The molecule has 0 aliphatic rings. The molecule has 0 aromatic heterocycles. The van der Waals surface area contributed by atoms with Crippen molar-refractivity contribution in [3.05, 3.63) is 71.8 Å². The standard InChI is InChI=1S/C15H15O.Ti/c16-15(11-13-7-3-1-4-8-13)12-14-9-5-2-6-10-14;/h1-10,15H,11-12H2;/q-1;+1. The summed E-state index contributed by atoms with van der Waals surface area (Å²) in [5.41, 5.74) is 2.66. The van der Waals surface area contributed by atoms with Crippen LogP contribution in [0.2, 0.25) is 0 Å².